The normalized spacial score (nSPS) is 13.2. The molecule has 1 aromatic rings. The van der Waals surface area contributed by atoms with Gasteiger partial charge in [-0.15, -0.1) is 11.3 Å². The topological polar surface area (TPSA) is 97.4 Å². The van der Waals surface area contributed by atoms with Crippen molar-refractivity contribution < 1.29 is 21.6 Å². The predicted molar refractivity (Wildman–Crippen MR) is 78.6 cm³/mol. The van der Waals surface area contributed by atoms with Crippen LogP contribution in [0, 0.1) is 0 Å². The van der Waals surface area contributed by atoms with Crippen LogP contribution in [-0.4, -0.2) is 40.3 Å². The molecule has 0 aliphatic carbocycles. The number of carbonyl (C=O) groups excluding carboxylic acids is 1. The first-order valence-electron chi connectivity index (χ1n) is 5.35. The Morgan fingerprint density at radius 3 is 2.30 bits per heavy atom. The predicted octanol–water partition coefficient (Wildman–Crippen LogP) is 1.23. The van der Waals surface area contributed by atoms with Crippen LogP contribution < -0.4 is 5.32 Å². The Kier molecular flexibility index (Phi) is 4.90. The third-order valence-corrected chi connectivity index (χ3v) is 7.95. The van der Waals surface area contributed by atoms with Gasteiger partial charge in [0.2, 0.25) is 0 Å². The summed E-state index contributed by atoms with van der Waals surface area (Å²) in [6.45, 7) is 2.90. The Morgan fingerprint density at radius 1 is 1.35 bits per heavy atom. The molecule has 0 atom stereocenters. The fraction of sp³-hybridized carbons (Fsp3) is 0.500. The molecule has 0 saturated carbocycles. The first-order valence-corrected chi connectivity index (χ1v) is 10.4. The van der Waals surface area contributed by atoms with E-state index in [2.05, 4.69) is 5.32 Å². The molecular weight excluding hydrogens is 346 g/mol. The van der Waals surface area contributed by atoms with Gasteiger partial charge in [0.15, 0.2) is 9.84 Å². The van der Waals surface area contributed by atoms with Gasteiger partial charge in [0, 0.05) is 28.9 Å². The van der Waals surface area contributed by atoms with E-state index in [1.54, 1.807) is 0 Å². The Morgan fingerprint density at radius 2 is 1.90 bits per heavy atom. The minimum absolute atomic E-state index is 0.0799. The summed E-state index contributed by atoms with van der Waals surface area (Å²) in [6, 6.07) is 1.15. The molecule has 0 aromatic carbocycles. The molecule has 0 aliphatic rings. The zero-order valence-electron chi connectivity index (χ0n) is 11.0. The van der Waals surface area contributed by atoms with Gasteiger partial charge in [-0.05, 0) is 19.9 Å². The van der Waals surface area contributed by atoms with Crippen molar-refractivity contribution in [1.82, 2.24) is 5.32 Å². The lowest BCUT2D eigenvalue weighted by molar-refractivity contribution is 0.0951. The molecular formula is C10H14ClNO5S3. The van der Waals surface area contributed by atoms with Gasteiger partial charge in [0.25, 0.3) is 15.0 Å². The van der Waals surface area contributed by atoms with Crippen LogP contribution in [0.15, 0.2) is 15.7 Å². The number of amides is 1. The molecule has 6 nitrogen and oxygen atoms in total. The summed E-state index contributed by atoms with van der Waals surface area (Å²) < 4.78 is 43.9. The summed E-state index contributed by atoms with van der Waals surface area (Å²) in [5.74, 6) is -0.551. The number of hydrogen-bond acceptors (Lipinski definition) is 6. The maximum atomic E-state index is 11.8. The van der Waals surface area contributed by atoms with Crippen LogP contribution in [0.4, 0.5) is 0 Å². The van der Waals surface area contributed by atoms with Crippen molar-refractivity contribution in [2.24, 2.45) is 0 Å². The Bertz CT molecular complexity index is 718. The number of hydrogen-bond donors (Lipinski definition) is 1. The van der Waals surface area contributed by atoms with Gasteiger partial charge in [0.05, 0.1) is 10.3 Å². The standard InChI is InChI=1S/C10H14ClNO5S3/c1-10(2,19(3,14)15)6-12-9(13)7-4-8(18-5-7)20(11,16)17/h4-5H,6H2,1-3H3,(H,12,13). The van der Waals surface area contributed by atoms with Crippen LogP contribution in [-0.2, 0) is 18.9 Å². The van der Waals surface area contributed by atoms with Crippen LogP contribution in [0.5, 0.6) is 0 Å². The van der Waals surface area contributed by atoms with Gasteiger partial charge >= 0.3 is 0 Å². The number of nitrogens with one attached hydrogen (secondary N) is 1. The molecule has 1 aromatic heterocycles. The van der Waals surface area contributed by atoms with Gasteiger partial charge in [-0.25, -0.2) is 16.8 Å². The minimum atomic E-state index is -3.87. The first-order chi connectivity index (χ1) is 8.84. The number of carbonyl (C=O) groups is 1. The van der Waals surface area contributed by atoms with Gasteiger partial charge in [-0.3, -0.25) is 4.79 Å². The highest BCUT2D eigenvalue weighted by molar-refractivity contribution is 8.15. The van der Waals surface area contributed by atoms with Crippen molar-refractivity contribution in [2.75, 3.05) is 12.8 Å². The minimum Gasteiger partial charge on any atom is -0.350 e. The van der Waals surface area contributed by atoms with Crippen molar-refractivity contribution in [3.63, 3.8) is 0 Å². The first kappa shape index (κ1) is 17.4. The molecule has 0 saturated heterocycles. The third kappa shape index (κ3) is 4.18. The SMILES string of the molecule is CC(C)(CNC(=O)c1csc(S(=O)(=O)Cl)c1)S(C)(=O)=O. The number of rotatable bonds is 5. The third-order valence-electron chi connectivity index (χ3n) is 2.76. The van der Waals surface area contributed by atoms with Crippen LogP contribution >= 0.6 is 22.0 Å². The molecule has 1 heterocycles. The molecule has 20 heavy (non-hydrogen) atoms. The Balaban J connectivity index is 2.82. The van der Waals surface area contributed by atoms with Crippen LogP contribution in [0.25, 0.3) is 0 Å². The number of halogens is 1. The van der Waals surface area contributed by atoms with E-state index in [0.717, 1.165) is 23.7 Å². The molecule has 1 amide bonds. The molecule has 0 spiro atoms. The van der Waals surface area contributed by atoms with Crippen molar-refractivity contribution >= 4 is 46.8 Å². The fourth-order valence-electron chi connectivity index (χ4n) is 1.09. The molecule has 1 N–H and O–H groups in total. The second kappa shape index (κ2) is 5.63. The van der Waals surface area contributed by atoms with Gasteiger partial charge in [-0.1, -0.05) is 0 Å². The lowest BCUT2D eigenvalue weighted by atomic mass is 10.2. The molecule has 0 fully saturated rings. The Hall–Kier alpha value is -0.640. The number of thiophene rings is 1. The molecule has 114 valence electrons. The van der Waals surface area contributed by atoms with E-state index in [-0.39, 0.29) is 16.3 Å². The van der Waals surface area contributed by atoms with Crippen molar-refractivity contribution in [1.29, 1.82) is 0 Å². The molecule has 0 unspecified atom stereocenters. The summed E-state index contributed by atoms with van der Waals surface area (Å²) in [5.41, 5.74) is 0.124. The average Bonchev–Trinajstić information content (AvgIpc) is 2.73. The fourth-order valence-corrected chi connectivity index (χ4v) is 3.37. The zero-order valence-corrected chi connectivity index (χ0v) is 14.2. The molecule has 0 radical (unpaired) electrons. The lowest BCUT2D eigenvalue weighted by Crippen LogP contribution is -2.43. The maximum absolute atomic E-state index is 11.8. The summed E-state index contributed by atoms with van der Waals surface area (Å²) >= 11 is 0.825. The highest BCUT2D eigenvalue weighted by atomic mass is 35.7. The Labute approximate surface area is 126 Å². The average molecular weight is 360 g/mol. The van der Waals surface area contributed by atoms with E-state index >= 15 is 0 Å². The smallest absolute Gasteiger partial charge is 0.270 e. The van der Waals surface area contributed by atoms with E-state index in [1.165, 1.54) is 19.2 Å². The second-order valence-electron chi connectivity index (χ2n) is 4.81. The highest BCUT2D eigenvalue weighted by Gasteiger charge is 2.30. The van der Waals surface area contributed by atoms with E-state index in [9.17, 15) is 21.6 Å². The zero-order chi connectivity index (χ0) is 15.8. The highest BCUT2D eigenvalue weighted by Crippen LogP contribution is 2.23. The van der Waals surface area contributed by atoms with Crippen molar-refractivity contribution in [3.8, 4) is 0 Å². The largest absolute Gasteiger partial charge is 0.350 e. The van der Waals surface area contributed by atoms with Crippen LogP contribution in [0.2, 0.25) is 0 Å². The van der Waals surface area contributed by atoms with E-state index < -0.39 is 29.5 Å². The lowest BCUT2D eigenvalue weighted by Gasteiger charge is -2.22. The van der Waals surface area contributed by atoms with Crippen molar-refractivity contribution in [3.05, 3.63) is 17.0 Å². The molecule has 1 rings (SSSR count). The van der Waals surface area contributed by atoms with Gasteiger partial charge < -0.3 is 5.32 Å². The molecule has 0 bridgehead atoms. The van der Waals surface area contributed by atoms with E-state index in [0.29, 0.717) is 0 Å². The summed E-state index contributed by atoms with van der Waals surface area (Å²) in [7, 11) is -2.04. The van der Waals surface area contributed by atoms with E-state index in [1.807, 2.05) is 0 Å². The van der Waals surface area contributed by atoms with E-state index in [4.69, 9.17) is 10.7 Å². The monoisotopic (exact) mass is 359 g/mol. The van der Waals surface area contributed by atoms with Crippen LogP contribution in [0.3, 0.4) is 0 Å². The van der Waals surface area contributed by atoms with Gasteiger partial charge in [-0.2, -0.15) is 0 Å². The summed E-state index contributed by atoms with van der Waals surface area (Å²) in [5, 5.41) is 3.81. The second-order valence-corrected chi connectivity index (χ2v) is 11.2. The summed E-state index contributed by atoms with van der Waals surface area (Å²) in [6.07, 6.45) is 1.09. The number of sulfone groups is 1. The molecule has 10 heteroatoms. The summed E-state index contributed by atoms with van der Waals surface area (Å²) in [4.78, 5) is 11.8. The van der Waals surface area contributed by atoms with Crippen LogP contribution in [0.1, 0.15) is 24.2 Å². The van der Waals surface area contributed by atoms with Gasteiger partial charge in [0.1, 0.15) is 4.21 Å². The molecule has 0 aliphatic heterocycles. The van der Waals surface area contributed by atoms with Crippen molar-refractivity contribution in [2.45, 2.75) is 22.8 Å². The quantitative estimate of drug-likeness (QED) is 0.797. The maximum Gasteiger partial charge on any atom is 0.270 e.